The fraction of sp³-hybridized carbons (Fsp3) is 0.304. The monoisotopic (exact) mass is 443 g/mol. The number of benzene rings is 2. The predicted octanol–water partition coefficient (Wildman–Crippen LogP) is 5.17. The Morgan fingerprint density at radius 2 is 2.00 bits per heavy atom. The molecule has 1 heterocycles. The molecule has 1 amide bonds. The lowest BCUT2D eigenvalue weighted by Gasteiger charge is -2.21. The van der Waals surface area contributed by atoms with Crippen molar-refractivity contribution in [2.45, 2.75) is 20.4 Å². The molecule has 0 unspecified atom stereocenters. The van der Waals surface area contributed by atoms with Gasteiger partial charge in [0.25, 0.3) is 0 Å². The maximum atomic E-state index is 12.7. The second kappa shape index (κ2) is 10.7. The average Bonchev–Trinajstić information content (AvgIpc) is 3.18. The van der Waals surface area contributed by atoms with Gasteiger partial charge in [0.1, 0.15) is 5.01 Å². The largest absolute Gasteiger partial charge is 0.383 e. The molecule has 30 heavy (non-hydrogen) atoms. The van der Waals surface area contributed by atoms with E-state index in [1.165, 1.54) is 0 Å². The van der Waals surface area contributed by atoms with Gasteiger partial charge in [0.15, 0.2) is 0 Å². The van der Waals surface area contributed by atoms with Gasteiger partial charge in [-0.3, -0.25) is 9.69 Å². The first kappa shape index (κ1) is 22.4. The van der Waals surface area contributed by atoms with E-state index >= 15 is 0 Å². The number of hydrogen-bond acceptors (Lipinski definition) is 5. The molecule has 3 rings (SSSR count). The van der Waals surface area contributed by atoms with Crippen LogP contribution >= 0.6 is 22.9 Å². The number of thiazole rings is 1. The minimum absolute atomic E-state index is 0.0543. The van der Waals surface area contributed by atoms with Gasteiger partial charge in [-0.15, -0.1) is 11.3 Å². The van der Waals surface area contributed by atoms with Crippen LogP contribution in [0, 0.1) is 13.8 Å². The van der Waals surface area contributed by atoms with E-state index in [1.54, 1.807) is 18.4 Å². The molecule has 0 bridgehead atoms. The van der Waals surface area contributed by atoms with E-state index in [0.29, 0.717) is 24.7 Å². The molecule has 0 fully saturated rings. The van der Waals surface area contributed by atoms with E-state index in [2.05, 4.69) is 5.32 Å². The molecule has 1 aromatic heterocycles. The van der Waals surface area contributed by atoms with Gasteiger partial charge in [-0.05, 0) is 37.1 Å². The van der Waals surface area contributed by atoms with E-state index < -0.39 is 0 Å². The number of aryl methyl sites for hydroxylation is 1. The topological polar surface area (TPSA) is 54.5 Å². The van der Waals surface area contributed by atoms with Crippen molar-refractivity contribution in [3.8, 4) is 10.6 Å². The molecule has 7 heteroatoms. The number of methoxy groups -OCH3 is 1. The third-order valence-electron chi connectivity index (χ3n) is 4.90. The molecule has 0 saturated carbocycles. The Kier molecular flexibility index (Phi) is 7.99. The molecule has 0 aliphatic heterocycles. The summed E-state index contributed by atoms with van der Waals surface area (Å²) in [6.45, 7) is 6.04. The van der Waals surface area contributed by atoms with Gasteiger partial charge in [0, 0.05) is 36.8 Å². The van der Waals surface area contributed by atoms with Crippen LogP contribution in [0.4, 0.5) is 5.69 Å². The Balaban J connectivity index is 1.68. The molecular weight excluding hydrogens is 418 g/mol. The third-order valence-corrected chi connectivity index (χ3v) is 6.15. The number of nitrogens with one attached hydrogen (secondary N) is 1. The minimum atomic E-state index is -0.0543. The Labute approximate surface area is 186 Å². The van der Waals surface area contributed by atoms with Crippen LogP contribution in [0.1, 0.15) is 16.8 Å². The summed E-state index contributed by atoms with van der Waals surface area (Å²) < 4.78 is 5.23. The quantitative estimate of drug-likeness (QED) is 0.495. The van der Waals surface area contributed by atoms with Crippen molar-refractivity contribution in [1.82, 2.24) is 9.88 Å². The summed E-state index contributed by atoms with van der Waals surface area (Å²) in [5, 5.41) is 6.60. The van der Waals surface area contributed by atoms with Crippen molar-refractivity contribution in [2.75, 3.05) is 32.1 Å². The van der Waals surface area contributed by atoms with Gasteiger partial charge in [0.05, 0.1) is 23.9 Å². The molecule has 0 radical (unpaired) electrons. The molecule has 3 aromatic rings. The summed E-state index contributed by atoms with van der Waals surface area (Å²) in [5.74, 6) is -0.0543. The maximum absolute atomic E-state index is 12.7. The molecule has 1 N–H and O–H groups in total. The maximum Gasteiger partial charge on any atom is 0.238 e. The van der Waals surface area contributed by atoms with Crippen LogP contribution < -0.4 is 5.32 Å². The van der Waals surface area contributed by atoms with Crippen LogP contribution in [0.5, 0.6) is 0 Å². The summed E-state index contributed by atoms with van der Waals surface area (Å²) in [6, 6.07) is 13.6. The number of hydrogen-bond donors (Lipinski definition) is 1. The molecule has 0 aliphatic rings. The Morgan fingerprint density at radius 3 is 2.77 bits per heavy atom. The Morgan fingerprint density at radius 1 is 1.20 bits per heavy atom. The van der Waals surface area contributed by atoms with Crippen LogP contribution in [0.2, 0.25) is 5.02 Å². The molecule has 0 saturated heterocycles. The van der Waals surface area contributed by atoms with E-state index in [0.717, 1.165) is 33.1 Å². The number of ether oxygens (including phenoxy) is 1. The summed E-state index contributed by atoms with van der Waals surface area (Å²) in [5.41, 5.74) is 4.91. The summed E-state index contributed by atoms with van der Waals surface area (Å²) in [6.07, 6.45) is 0. The molecule has 0 spiro atoms. The number of carbonyl (C=O) groups is 1. The SMILES string of the molecule is COCCN(CC(=O)Nc1cccc(C)c1C)Cc1csc(-c2ccccc2Cl)n1. The van der Waals surface area contributed by atoms with E-state index in [1.807, 2.05) is 66.6 Å². The summed E-state index contributed by atoms with van der Waals surface area (Å²) >= 11 is 7.85. The number of halogens is 1. The van der Waals surface area contributed by atoms with Crippen LogP contribution in [0.3, 0.4) is 0 Å². The standard InChI is InChI=1S/C23H26ClN3O2S/c1-16-7-6-10-21(17(16)2)26-22(28)14-27(11-12-29-3)13-18-15-30-23(25-18)19-8-4-5-9-20(19)24/h4-10,15H,11-14H2,1-3H3,(H,26,28). The number of rotatable bonds is 9. The molecule has 2 aromatic carbocycles. The highest BCUT2D eigenvalue weighted by atomic mass is 35.5. The second-order valence-corrected chi connectivity index (χ2v) is 8.39. The number of nitrogens with zero attached hydrogens (tertiary/aromatic N) is 2. The molecule has 0 atom stereocenters. The zero-order valence-electron chi connectivity index (χ0n) is 17.4. The minimum Gasteiger partial charge on any atom is -0.383 e. The molecule has 0 aliphatic carbocycles. The molecular formula is C23H26ClN3O2S. The number of amides is 1. The Bertz CT molecular complexity index is 1010. The van der Waals surface area contributed by atoms with Crippen molar-refractivity contribution in [1.29, 1.82) is 0 Å². The molecule has 5 nitrogen and oxygen atoms in total. The fourth-order valence-electron chi connectivity index (χ4n) is 3.08. The van der Waals surface area contributed by atoms with Crippen molar-refractivity contribution in [3.63, 3.8) is 0 Å². The van der Waals surface area contributed by atoms with Gasteiger partial charge >= 0.3 is 0 Å². The van der Waals surface area contributed by atoms with Crippen LogP contribution in [-0.2, 0) is 16.1 Å². The van der Waals surface area contributed by atoms with E-state index in [4.69, 9.17) is 21.3 Å². The van der Waals surface area contributed by atoms with Gasteiger partial charge < -0.3 is 10.1 Å². The molecule has 158 valence electrons. The van der Waals surface area contributed by atoms with Crippen molar-refractivity contribution in [2.24, 2.45) is 0 Å². The zero-order chi connectivity index (χ0) is 21.5. The first-order valence-electron chi connectivity index (χ1n) is 9.74. The van der Waals surface area contributed by atoms with Crippen molar-refractivity contribution in [3.05, 3.63) is 69.7 Å². The number of aromatic nitrogens is 1. The smallest absolute Gasteiger partial charge is 0.238 e. The third kappa shape index (κ3) is 5.89. The highest BCUT2D eigenvalue weighted by Gasteiger charge is 2.15. The number of carbonyl (C=O) groups excluding carboxylic acids is 1. The number of anilines is 1. The van der Waals surface area contributed by atoms with Gasteiger partial charge in [-0.2, -0.15) is 0 Å². The highest BCUT2D eigenvalue weighted by Crippen LogP contribution is 2.30. The highest BCUT2D eigenvalue weighted by molar-refractivity contribution is 7.13. The normalized spacial score (nSPS) is 11.1. The van der Waals surface area contributed by atoms with E-state index in [-0.39, 0.29) is 12.5 Å². The summed E-state index contributed by atoms with van der Waals surface area (Å²) in [4.78, 5) is 19.4. The van der Waals surface area contributed by atoms with E-state index in [9.17, 15) is 4.79 Å². The van der Waals surface area contributed by atoms with Crippen LogP contribution in [0.15, 0.2) is 47.8 Å². The lowest BCUT2D eigenvalue weighted by Crippen LogP contribution is -2.35. The second-order valence-electron chi connectivity index (χ2n) is 7.12. The Hall–Kier alpha value is -2.25. The first-order chi connectivity index (χ1) is 14.5. The zero-order valence-corrected chi connectivity index (χ0v) is 19.0. The average molecular weight is 444 g/mol. The first-order valence-corrected chi connectivity index (χ1v) is 11.0. The van der Waals surface area contributed by atoms with Gasteiger partial charge in [-0.25, -0.2) is 4.98 Å². The lowest BCUT2D eigenvalue weighted by atomic mass is 10.1. The predicted molar refractivity (Wildman–Crippen MR) is 124 cm³/mol. The van der Waals surface area contributed by atoms with Gasteiger partial charge in [0.2, 0.25) is 5.91 Å². The van der Waals surface area contributed by atoms with Crippen molar-refractivity contribution >= 4 is 34.5 Å². The van der Waals surface area contributed by atoms with Crippen molar-refractivity contribution < 1.29 is 9.53 Å². The fourth-order valence-corrected chi connectivity index (χ4v) is 4.21. The van der Waals surface area contributed by atoms with Crippen LogP contribution in [0.25, 0.3) is 10.6 Å². The van der Waals surface area contributed by atoms with Gasteiger partial charge in [-0.1, -0.05) is 41.9 Å². The lowest BCUT2D eigenvalue weighted by molar-refractivity contribution is -0.117. The summed E-state index contributed by atoms with van der Waals surface area (Å²) in [7, 11) is 1.66. The van der Waals surface area contributed by atoms with Crippen LogP contribution in [-0.4, -0.2) is 42.6 Å².